The Morgan fingerprint density at radius 3 is 2.92 bits per heavy atom. The molecule has 0 aliphatic heterocycles. The molecule has 12 heavy (non-hydrogen) atoms. The van der Waals surface area contributed by atoms with E-state index in [0.717, 1.165) is 5.56 Å². The van der Waals surface area contributed by atoms with Crippen LogP contribution in [0.2, 0.25) is 0 Å². The molecular weight excluding hydrogens is 154 g/mol. The lowest BCUT2D eigenvalue weighted by Gasteiger charge is -1.88. The summed E-state index contributed by atoms with van der Waals surface area (Å²) >= 11 is 0. The molecule has 1 aromatic rings. The SMILES string of the molecule is COC(=O)/C=C/c1ccn(C)c1. The van der Waals surface area contributed by atoms with Crippen molar-refractivity contribution in [3.63, 3.8) is 0 Å². The Morgan fingerprint density at radius 2 is 2.42 bits per heavy atom. The first kappa shape index (κ1) is 8.59. The number of hydrogen-bond acceptors (Lipinski definition) is 2. The summed E-state index contributed by atoms with van der Waals surface area (Å²) < 4.78 is 6.36. The molecule has 0 bridgehead atoms. The molecule has 1 heterocycles. The van der Waals surface area contributed by atoms with Crippen LogP contribution in [-0.2, 0) is 16.6 Å². The van der Waals surface area contributed by atoms with Crippen LogP contribution in [0.25, 0.3) is 6.08 Å². The normalized spacial score (nSPS) is 10.5. The number of carbonyl (C=O) groups excluding carboxylic acids is 1. The van der Waals surface area contributed by atoms with E-state index in [2.05, 4.69) is 4.74 Å². The molecule has 0 saturated heterocycles. The monoisotopic (exact) mass is 165 g/mol. The van der Waals surface area contributed by atoms with Gasteiger partial charge in [0.2, 0.25) is 0 Å². The van der Waals surface area contributed by atoms with Crippen molar-refractivity contribution in [1.29, 1.82) is 0 Å². The minimum Gasteiger partial charge on any atom is -0.466 e. The second kappa shape index (κ2) is 3.76. The molecule has 0 N–H and O–H groups in total. The third-order valence-electron chi connectivity index (χ3n) is 1.47. The summed E-state index contributed by atoms with van der Waals surface area (Å²) in [6, 6.07) is 1.92. The summed E-state index contributed by atoms with van der Waals surface area (Å²) in [4.78, 5) is 10.7. The van der Waals surface area contributed by atoms with Crippen LogP contribution in [0.3, 0.4) is 0 Å². The van der Waals surface area contributed by atoms with Gasteiger partial charge >= 0.3 is 5.97 Å². The Hall–Kier alpha value is -1.51. The van der Waals surface area contributed by atoms with E-state index in [0.29, 0.717) is 0 Å². The van der Waals surface area contributed by atoms with Crippen molar-refractivity contribution in [3.8, 4) is 0 Å². The summed E-state index contributed by atoms with van der Waals surface area (Å²) in [7, 11) is 3.28. The molecule has 0 unspecified atom stereocenters. The smallest absolute Gasteiger partial charge is 0.330 e. The first-order chi connectivity index (χ1) is 5.72. The number of methoxy groups -OCH3 is 1. The van der Waals surface area contributed by atoms with Crippen LogP contribution in [0.5, 0.6) is 0 Å². The van der Waals surface area contributed by atoms with Gasteiger partial charge in [0.25, 0.3) is 0 Å². The molecule has 0 fully saturated rings. The van der Waals surface area contributed by atoms with Gasteiger partial charge in [-0.15, -0.1) is 0 Å². The largest absolute Gasteiger partial charge is 0.466 e. The zero-order valence-electron chi connectivity index (χ0n) is 7.15. The number of rotatable bonds is 2. The van der Waals surface area contributed by atoms with Crippen LogP contribution in [0, 0.1) is 0 Å². The third-order valence-corrected chi connectivity index (χ3v) is 1.47. The van der Waals surface area contributed by atoms with E-state index in [1.165, 1.54) is 13.2 Å². The van der Waals surface area contributed by atoms with Crippen molar-refractivity contribution in [2.75, 3.05) is 7.11 Å². The quantitative estimate of drug-likeness (QED) is 0.487. The van der Waals surface area contributed by atoms with E-state index < -0.39 is 0 Å². The molecule has 0 aliphatic rings. The molecule has 0 aliphatic carbocycles. The van der Waals surface area contributed by atoms with Crippen LogP contribution < -0.4 is 0 Å². The number of carbonyl (C=O) groups is 1. The van der Waals surface area contributed by atoms with Gasteiger partial charge in [0.05, 0.1) is 7.11 Å². The first-order valence-electron chi connectivity index (χ1n) is 3.60. The lowest BCUT2D eigenvalue weighted by Crippen LogP contribution is -1.92. The van der Waals surface area contributed by atoms with Gasteiger partial charge in [0.1, 0.15) is 0 Å². The Labute approximate surface area is 71.3 Å². The number of ether oxygens (including phenoxy) is 1. The highest BCUT2D eigenvalue weighted by Gasteiger charge is 1.92. The summed E-state index contributed by atoms with van der Waals surface area (Å²) in [6.07, 6.45) is 6.94. The number of nitrogens with zero attached hydrogens (tertiary/aromatic N) is 1. The second-order valence-electron chi connectivity index (χ2n) is 2.47. The number of hydrogen-bond donors (Lipinski definition) is 0. The second-order valence-corrected chi connectivity index (χ2v) is 2.47. The van der Waals surface area contributed by atoms with E-state index in [1.807, 2.05) is 30.1 Å². The standard InChI is InChI=1S/C9H11NO2/c1-10-6-5-8(7-10)3-4-9(11)12-2/h3-7H,1-2H3/b4-3+. The van der Waals surface area contributed by atoms with E-state index in [4.69, 9.17) is 0 Å². The predicted octanol–water partition coefficient (Wildman–Crippen LogP) is 1.21. The van der Waals surface area contributed by atoms with E-state index >= 15 is 0 Å². The highest BCUT2D eigenvalue weighted by Crippen LogP contribution is 2.01. The highest BCUT2D eigenvalue weighted by molar-refractivity contribution is 5.86. The number of esters is 1. The Morgan fingerprint density at radius 1 is 1.67 bits per heavy atom. The predicted molar refractivity (Wildman–Crippen MR) is 46.5 cm³/mol. The minimum atomic E-state index is -0.334. The summed E-state index contributed by atoms with van der Waals surface area (Å²) in [5, 5.41) is 0. The maximum Gasteiger partial charge on any atom is 0.330 e. The summed E-state index contributed by atoms with van der Waals surface area (Å²) in [5.74, 6) is -0.334. The van der Waals surface area contributed by atoms with Gasteiger partial charge < -0.3 is 9.30 Å². The van der Waals surface area contributed by atoms with Crippen molar-refractivity contribution in [1.82, 2.24) is 4.57 Å². The van der Waals surface area contributed by atoms with Gasteiger partial charge in [-0.3, -0.25) is 0 Å². The van der Waals surface area contributed by atoms with E-state index in [1.54, 1.807) is 6.08 Å². The molecule has 3 nitrogen and oxygen atoms in total. The van der Waals surface area contributed by atoms with Crippen molar-refractivity contribution < 1.29 is 9.53 Å². The van der Waals surface area contributed by atoms with Crippen molar-refractivity contribution in [2.24, 2.45) is 7.05 Å². The van der Waals surface area contributed by atoms with Gasteiger partial charge in [-0.05, 0) is 17.7 Å². The zero-order valence-corrected chi connectivity index (χ0v) is 7.15. The van der Waals surface area contributed by atoms with E-state index in [9.17, 15) is 4.79 Å². The molecule has 0 amide bonds. The summed E-state index contributed by atoms with van der Waals surface area (Å²) in [5.41, 5.74) is 0.989. The van der Waals surface area contributed by atoms with Gasteiger partial charge in [-0.1, -0.05) is 0 Å². The molecule has 0 aromatic carbocycles. The number of aromatic nitrogens is 1. The Balaban J connectivity index is 2.63. The molecule has 1 rings (SSSR count). The third kappa shape index (κ3) is 2.27. The van der Waals surface area contributed by atoms with Crippen molar-refractivity contribution in [2.45, 2.75) is 0 Å². The molecule has 0 saturated carbocycles. The average molecular weight is 165 g/mol. The fourth-order valence-electron chi connectivity index (χ4n) is 0.856. The molecular formula is C9H11NO2. The van der Waals surface area contributed by atoms with Crippen LogP contribution in [0.1, 0.15) is 5.56 Å². The maximum atomic E-state index is 10.7. The molecule has 3 heteroatoms. The van der Waals surface area contributed by atoms with Crippen molar-refractivity contribution in [3.05, 3.63) is 30.1 Å². The van der Waals surface area contributed by atoms with Crippen LogP contribution in [0.4, 0.5) is 0 Å². The van der Waals surface area contributed by atoms with Gasteiger partial charge in [-0.25, -0.2) is 4.79 Å². The molecule has 0 spiro atoms. The Kier molecular flexibility index (Phi) is 2.69. The van der Waals surface area contributed by atoms with Crippen LogP contribution in [-0.4, -0.2) is 17.6 Å². The molecule has 0 radical (unpaired) electrons. The van der Waals surface area contributed by atoms with Crippen LogP contribution >= 0.6 is 0 Å². The zero-order chi connectivity index (χ0) is 8.97. The van der Waals surface area contributed by atoms with Crippen molar-refractivity contribution >= 4 is 12.0 Å². The lowest BCUT2D eigenvalue weighted by molar-refractivity contribution is -0.134. The average Bonchev–Trinajstić information content (AvgIpc) is 2.47. The van der Waals surface area contributed by atoms with E-state index in [-0.39, 0.29) is 5.97 Å². The fraction of sp³-hybridized carbons (Fsp3) is 0.222. The first-order valence-corrected chi connectivity index (χ1v) is 3.60. The van der Waals surface area contributed by atoms with Gasteiger partial charge in [0, 0.05) is 25.5 Å². The topological polar surface area (TPSA) is 31.2 Å². The minimum absolute atomic E-state index is 0.334. The summed E-state index contributed by atoms with van der Waals surface area (Å²) in [6.45, 7) is 0. The fourth-order valence-corrected chi connectivity index (χ4v) is 0.856. The number of aryl methyl sites for hydroxylation is 1. The molecule has 0 atom stereocenters. The van der Waals surface area contributed by atoms with Crippen LogP contribution in [0.15, 0.2) is 24.5 Å². The highest BCUT2D eigenvalue weighted by atomic mass is 16.5. The van der Waals surface area contributed by atoms with Gasteiger partial charge in [0.15, 0.2) is 0 Å². The maximum absolute atomic E-state index is 10.7. The Bertz CT molecular complexity index is 299. The molecule has 64 valence electrons. The lowest BCUT2D eigenvalue weighted by atomic mass is 10.3. The van der Waals surface area contributed by atoms with Gasteiger partial charge in [-0.2, -0.15) is 0 Å². The molecule has 1 aromatic heterocycles.